The molecule has 1 unspecified atom stereocenters. The lowest BCUT2D eigenvalue weighted by molar-refractivity contribution is 0.302. The summed E-state index contributed by atoms with van der Waals surface area (Å²) < 4.78 is 13.8. The predicted molar refractivity (Wildman–Crippen MR) is 84.0 cm³/mol. The zero-order valence-electron chi connectivity index (χ0n) is 12.7. The lowest BCUT2D eigenvalue weighted by atomic mass is 9.89. The minimum absolute atomic E-state index is 0.233. The molecule has 1 aromatic carbocycles. The highest BCUT2D eigenvalue weighted by Gasteiger charge is 2.24. The normalized spacial score (nSPS) is 15.2. The lowest BCUT2D eigenvalue weighted by Crippen LogP contribution is -2.38. The Labute approximate surface area is 121 Å². The Bertz CT molecular complexity index is 478. The fourth-order valence-corrected chi connectivity index (χ4v) is 2.24. The topological polar surface area (TPSA) is 29.3 Å². The molecule has 0 bridgehead atoms. The second-order valence-corrected chi connectivity index (χ2v) is 5.63. The Morgan fingerprint density at radius 2 is 2.10 bits per heavy atom. The molecule has 0 amide bonds. The molecule has 1 aromatic rings. The first-order valence-corrected chi connectivity index (χ1v) is 6.87. The molecule has 0 aliphatic heterocycles. The van der Waals surface area contributed by atoms with E-state index in [1.165, 1.54) is 11.6 Å². The molecule has 0 saturated heterocycles. The van der Waals surface area contributed by atoms with Crippen LogP contribution in [0.15, 0.2) is 48.6 Å². The van der Waals surface area contributed by atoms with Gasteiger partial charge in [-0.3, -0.25) is 0 Å². The zero-order chi connectivity index (χ0) is 15.2. The van der Waals surface area contributed by atoms with Gasteiger partial charge in [-0.2, -0.15) is 0 Å². The van der Waals surface area contributed by atoms with Crippen molar-refractivity contribution < 1.29 is 4.39 Å². The monoisotopic (exact) mass is 276 g/mol. The first kappa shape index (κ1) is 16.6. The second-order valence-electron chi connectivity index (χ2n) is 5.63. The van der Waals surface area contributed by atoms with E-state index in [9.17, 15) is 4.39 Å². The summed E-state index contributed by atoms with van der Waals surface area (Å²) in [5, 5.41) is 0. The standard InChI is InChI=1S/C17H25FN2/c1-5-8-14(2)13-20(4)12-11-17(3,19)15-9-6-7-10-16(15)18/h5-10H,1,11-13,19H2,2-4H3/b14-8+. The van der Waals surface area contributed by atoms with E-state index in [0.717, 1.165) is 13.1 Å². The van der Waals surface area contributed by atoms with Gasteiger partial charge in [0.1, 0.15) is 5.82 Å². The van der Waals surface area contributed by atoms with Crippen molar-refractivity contribution in [1.29, 1.82) is 0 Å². The molecule has 0 radical (unpaired) electrons. The molecule has 3 heteroatoms. The molecule has 0 aromatic heterocycles. The molecule has 0 fully saturated rings. The van der Waals surface area contributed by atoms with Gasteiger partial charge in [-0.25, -0.2) is 4.39 Å². The number of likely N-dealkylation sites (N-methyl/N-ethyl adjacent to an activating group) is 1. The number of nitrogens with two attached hydrogens (primary N) is 1. The highest BCUT2D eigenvalue weighted by molar-refractivity contribution is 5.25. The maximum absolute atomic E-state index is 13.8. The van der Waals surface area contributed by atoms with Crippen LogP contribution >= 0.6 is 0 Å². The Balaban J connectivity index is 2.62. The molecule has 1 atom stereocenters. The van der Waals surface area contributed by atoms with Gasteiger partial charge >= 0.3 is 0 Å². The smallest absolute Gasteiger partial charge is 0.128 e. The average Bonchev–Trinajstić information content (AvgIpc) is 2.37. The van der Waals surface area contributed by atoms with Crippen LogP contribution in [-0.4, -0.2) is 25.0 Å². The van der Waals surface area contributed by atoms with Crippen LogP contribution in [0.3, 0.4) is 0 Å². The third kappa shape index (κ3) is 4.91. The van der Waals surface area contributed by atoms with Crippen molar-refractivity contribution in [2.24, 2.45) is 5.73 Å². The van der Waals surface area contributed by atoms with E-state index >= 15 is 0 Å². The number of halogens is 1. The van der Waals surface area contributed by atoms with E-state index in [4.69, 9.17) is 5.73 Å². The van der Waals surface area contributed by atoms with Gasteiger partial charge < -0.3 is 10.6 Å². The molecular weight excluding hydrogens is 251 g/mol. The average molecular weight is 276 g/mol. The van der Waals surface area contributed by atoms with Gasteiger partial charge in [0.15, 0.2) is 0 Å². The van der Waals surface area contributed by atoms with E-state index in [0.29, 0.717) is 12.0 Å². The molecule has 20 heavy (non-hydrogen) atoms. The number of nitrogens with zero attached hydrogens (tertiary/aromatic N) is 1. The van der Waals surface area contributed by atoms with Crippen LogP contribution in [0.1, 0.15) is 25.8 Å². The minimum atomic E-state index is -0.657. The van der Waals surface area contributed by atoms with Crippen molar-refractivity contribution >= 4 is 0 Å². The van der Waals surface area contributed by atoms with Gasteiger partial charge in [-0.1, -0.05) is 42.5 Å². The Hall–Kier alpha value is -1.45. The second kappa shape index (κ2) is 7.36. The summed E-state index contributed by atoms with van der Waals surface area (Å²) in [6.07, 6.45) is 4.48. The first-order chi connectivity index (χ1) is 9.36. The van der Waals surface area contributed by atoms with Crippen LogP contribution in [0, 0.1) is 5.82 Å². The van der Waals surface area contributed by atoms with Crippen LogP contribution < -0.4 is 5.73 Å². The summed E-state index contributed by atoms with van der Waals surface area (Å²) in [4.78, 5) is 2.18. The molecule has 0 aliphatic carbocycles. The van der Waals surface area contributed by atoms with Gasteiger partial charge in [-0.15, -0.1) is 0 Å². The van der Waals surface area contributed by atoms with Gasteiger partial charge in [0.2, 0.25) is 0 Å². The van der Waals surface area contributed by atoms with Crippen LogP contribution in [0.4, 0.5) is 4.39 Å². The van der Waals surface area contributed by atoms with Crippen molar-refractivity contribution in [2.75, 3.05) is 20.1 Å². The Kier molecular flexibility index (Phi) is 6.11. The van der Waals surface area contributed by atoms with Crippen molar-refractivity contribution in [3.8, 4) is 0 Å². The third-order valence-corrected chi connectivity index (χ3v) is 3.42. The highest BCUT2D eigenvalue weighted by atomic mass is 19.1. The van der Waals surface area contributed by atoms with E-state index in [1.807, 2.05) is 26.1 Å². The largest absolute Gasteiger partial charge is 0.321 e. The third-order valence-electron chi connectivity index (χ3n) is 3.42. The van der Waals surface area contributed by atoms with E-state index in [1.54, 1.807) is 18.2 Å². The molecule has 2 nitrogen and oxygen atoms in total. The molecule has 0 heterocycles. The summed E-state index contributed by atoms with van der Waals surface area (Å²) in [5.41, 5.74) is 7.44. The molecular formula is C17H25FN2. The van der Waals surface area contributed by atoms with E-state index < -0.39 is 5.54 Å². The van der Waals surface area contributed by atoms with Gasteiger partial charge in [0, 0.05) is 24.2 Å². The summed E-state index contributed by atoms with van der Waals surface area (Å²) >= 11 is 0. The summed E-state index contributed by atoms with van der Waals surface area (Å²) in [5.74, 6) is -0.233. The minimum Gasteiger partial charge on any atom is -0.321 e. The van der Waals surface area contributed by atoms with E-state index in [-0.39, 0.29) is 5.82 Å². The van der Waals surface area contributed by atoms with Crippen molar-refractivity contribution in [3.63, 3.8) is 0 Å². The number of allylic oxidation sites excluding steroid dienone is 2. The zero-order valence-corrected chi connectivity index (χ0v) is 12.7. The number of hydrogen-bond donors (Lipinski definition) is 1. The van der Waals surface area contributed by atoms with Gasteiger partial charge in [0.05, 0.1) is 0 Å². The summed E-state index contributed by atoms with van der Waals surface area (Å²) in [6.45, 7) is 9.30. The molecule has 0 saturated carbocycles. The number of hydrogen-bond acceptors (Lipinski definition) is 2. The Morgan fingerprint density at radius 3 is 2.70 bits per heavy atom. The molecule has 1 rings (SSSR count). The van der Waals surface area contributed by atoms with Gasteiger partial charge in [0.25, 0.3) is 0 Å². The maximum Gasteiger partial charge on any atom is 0.128 e. The number of benzene rings is 1. The Morgan fingerprint density at radius 1 is 1.45 bits per heavy atom. The van der Waals surface area contributed by atoms with Crippen molar-refractivity contribution in [2.45, 2.75) is 25.8 Å². The molecule has 110 valence electrons. The highest BCUT2D eigenvalue weighted by Crippen LogP contribution is 2.24. The fourth-order valence-electron chi connectivity index (χ4n) is 2.24. The van der Waals surface area contributed by atoms with Crippen LogP contribution in [0.2, 0.25) is 0 Å². The summed E-state index contributed by atoms with van der Waals surface area (Å²) in [7, 11) is 2.04. The van der Waals surface area contributed by atoms with Crippen LogP contribution in [0.25, 0.3) is 0 Å². The van der Waals surface area contributed by atoms with Crippen LogP contribution in [0.5, 0.6) is 0 Å². The van der Waals surface area contributed by atoms with Crippen molar-refractivity contribution in [1.82, 2.24) is 4.90 Å². The SMILES string of the molecule is C=C/C=C(\C)CN(C)CCC(C)(N)c1ccccc1F. The molecule has 0 aliphatic rings. The number of rotatable bonds is 7. The molecule has 2 N–H and O–H groups in total. The van der Waals surface area contributed by atoms with Crippen LogP contribution in [-0.2, 0) is 5.54 Å². The van der Waals surface area contributed by atoms with Crippen molar-refractivity contribution in [3.05, 3.63) is 60.0 Å². The lowest BCUT2D eigenvalue weighted by Gasteiger charge is -2.28. The predicted octanol–water partition coefficient (Wildman–Crippen LogP) is 3.45. The molecule has 0 spiro atoms. The fraction of sp³-hybridized carbons (Fsp3) is 0.412. The van der Waals surface area contributed by atoms with E-state index in [2.05, 4.69) is 18.4 Å². The maximum atomic E-state index is 13.8. The quantitative estimate of drug-likeness (QED) is 0.773. The van der Waals surface area contributed by atoms with Gasteiger partial charge in [-0.05, 0) is 33.4 Å². The first-order valence-electron chi connectivity index (χ1n) is 6.87. The summed E-state index contributed by atoms with van der Waals surface area (Å²) in [6, 6.07) is 6.73.